The molecular formula is C12H18N2. The van der Waals surface area contributed by atoms with Crippen molar-refractivity contribution in [3.05, 3.63) is 29.3 Å². The van der Waals surface area contributed by atoms with Crippen LogP contribution < -0.4 is 10.6 Å². The van der Waals surface area contributed by atoms with Gasteiger partial charge in [-0.05, 0) is 43.5 Å². The Hall–Kier alpha value is -1.02. The van der Waals surface area contributed by atoms with Gasteiger partial charge in [-0.2, -0.15) is 0 Å². The zero-order chi connectivity index (χ0) is 10.1. The number of nitrogens with zero attached hydrogens (tertiary/aromatic N) is 1. The van der Waals surface area contributed by atoms with E-state index in [0.717, 1.165) is 19.5 Å². The summed E-state index contributed by atoms with van der Waals surface area (Å²) >= 11 is 0. The van der Waals surface area contributed by atoms with Gasteiger partial charge in [0.1, 0.15) is 0 Å². The van der Waals surface area contributed by atoms with E-state index in [-0.39, 0.29) is 0 Å². The van der Waals surface area contributed by atoms with E-state index in [2.05, 4.69) is 36.9 Å². The maximum Gasteiger partial charge on any atom is 0.0369 e. The zero-order valence-corrected chi connectivity index (χ0v) is 8.96. The van der Waals surface area contributed by atoms with Crippen LogP contribution in [0.2, 0.25) is 0 Å². The smallest absolute Gasteiger partial charge is 0.0369 e. The highest BCUT2D eigenvalue weighted by Crippen LogP contribution is 2.22. The summed E-state index contributed by atoms with van der Waals surface area (Å²) < 4.78 is 0. The number of rotatable bonds is 1. The van der Waals surface area contributed by atoms with E-state index >= 15 is 0 Å². The van der Waals surface area contributed by atoms with Gasteiger partial charge in [-0.3, -0.25) is 0 Å². The first-order chi connectivity index (χ1) is 6.66. The lowest BCUT2D eigenvalue weighted by molar-refractivity contribution is 0.752. The summed E-state index contributed by atoms with van der Waals surface area (Å²) in [6.45, 7) is 6.41. The van der Waals surface area contributed by atoms with Gasteiger partial charge in [-0.25, -0.2) is 0 Å². The molecule has 2 rings (SSSR count). The largest absolute Gasteiger partial charge is 0.370 e. The minimum absolute atomic E-state index is 0.358. The molecule has 0 bridgehead atoms. The van der Waals surface area contributed by atoms with Gasteiger partial charge in [0.05, 0.1) is 0 Å². The van der Waals surface area contributed by atoms with Crippen LogP contribution in [0.5, 0.6) is 0 Å². The van der Waals surface area contributed by atoms with Gasteiger partial charge in [0.2, 0.25) is 0 Å². The summed E-state index contributed by atoms with van der Waals surface area (Å²) in [5, 5.41) is 0. The molecule has 0 aromatic heterocycles. The molecule has 0 spiro atoms. The Bertz CT molecular complexity index is 333. The van der Waals surface area contributed by atoms with Gasteiger partial charge < -0.3 is 10.6 Å². The minimum Gasteiger partial charge on any atom is -0.370 e. The van der Waals surface area contributed by atoms with Crippen LogP contribution in [0, 0.1) is 13.8 Å². The van der Waals surface area contributed by atoms with Crippen LogP contribution in [0.1, 0.15) is 17.5 Å². The van der Waals surface area contributed by atoms with E-state index in [0.29, 0.717) is 6.04 Å². The predicted octanol–water partition coefficient (Wildman–Crippen LogP) is 1.84. The van der Waals surface area contributed by atoms with E-state index in [1.165, 1.54) is 16.8 Å². The van der Waals surface area contributed by atoms with Crippen molar-refractivity contribution in [3.63, 3.8) is 0 Å². The SMILES string of the molecule is Cc1ccc(N2CCC(N)C2)cc1C. The van der Waals surface area contributed by atoms with Crippen molar-refractivity contribution in [1.29, 1.82) is 0 Å². The number of nitrogens with two attached hydrogens (primary N) is 1. The van der Waals surface area contributed by atoms with Crippen molar-refractivity contribution in [2.75, 3.05) is 18.0 Å². The minimum atomic E-state index is 0.358. The molecule has 2 N–H and O–H groups in total. The second kappa shape index (κ2) is 3.62. The number of hydrogen-bond donors (Lipinski definition) is 1. The number of aryl methyl sites for hydroxylation is 2. The lowest BCUT2D eigenvalue weighted by Crippen LogP contribution is -2.26. The van der Waals surface area contributed by atoms with Gasteiger partial charge in [0.15, 0.2) is 0 Å². The Labute approximate surface area is 85.7 Å². The highest BCUT2D eigenvalue weighted by molar-refractivity contribution is 5.51. The average Bonchev–Trinajstić information content (AvgIpc) is 2.57. The number of anilines is 1. The van der Waals surface area contributed by atoms with Gasteiger partial charge >= 0.3 is 0 Å². The predicted molar refractivity (Wildman–Crippen MR) is 60.7 cm³/mol. The molecule has 1 aliphatic rings. The Morgan fingerprint density at radius 1 is 1.29 bits per heavy atom. The molecule has 14 heavy (non-hydrogen) atoms. The van der Waals surface area contributed by atoms with Crippen molar-refractivity contribution in [2.45, 2.75) is 26.3 Å². The Morgan fingerprint density at radius 2 is 2.07 bits per heavy atom. The quantitative estimate of drug-likeness (QED) is 0.732. The maximum atomic E-state index is 5.89. The van der Waals surface area contributed by atoms with Crippen LogP contribution >= 0.6 is 0 Å². The van der Waals surface area contributed by atoms with Gasteiger partial charge in [0.25, 0.3) is 0 Å². The molecule has 1 saturated heterocycles. The lowest BCUT2D eigenvalue weighted by Gasteiger charge is -2.19. The standard InChI is InChI=1S/C12H18N2/c1-9-3-4-12(7-10(9)2)14-6-5-11(13)8-14/h3-4,7,11H,5-6,8,13H2,1-2H3. The third-order valence-electron chi connectivity index (χ3n) is 3.08. The van der Waals surface area contributed by atoms with Crippen molar-refractivity contribution >= 4 is 5.69 Å². The highest BCUT2D eigenvalue weighted by Gasteiger charge is 2.19. The van der Waals surface area contributed by atoms with E-state index in [4.69, 9.17) is 5.73 Å². The average molecular weight is 190 g/mol. The van der Waals surface area contributed by atoms with E-state index in [1.54, 1.807) is 0 Å². The van der Waals surface area contributed by atoms with Crippen LogP contribution in [0.25, 0.3) is 0 Å². The molecule has 1 unspecified atom stereocenters. The van der Waals surface area contributed by atoms with Crippen molar-refractivity contribution in [2.24, 2.45) is 5.73 Å². The van der Waals surface area contributed by atoms with Crippen LogP contribution in [0.15, 0.2) is 18.2 Å². The van der Waals surface area contributed by atoms with Crippen LogP contribution in [-0.2, 0) is 0 Å². The van der Waals surface area contributed by atoms with Crippen LogP contribution in [0.3, 0.4) is 0 Å². The number of benzene rings is 1. The molecule has 0 amide bonds. The topological polar surface area (TPSA) is 29.3 Å². The Morgan fingerprint density at radius 3 is 2.64 bits per heavy atom. The molecule has 1 heterocycles. The van der Waals surface area contributed by atoms with Gasteiger partial charge in [0, 0.05) is 24.8 Å². The van der Waals surface area contributed by atoms with Gasteiger partial charge in [-0.1, -0.05) is 6.07 Å². The third-order valence-corrected chi connectivity index (χ3v) is 3.08. The van der Waals surface area contributed by atoms with Crippen molar-refractivity contribution in [3.8, 4) is 0 Å². The number of hydrogen-bond acceptors (Lipinski definition) is 2. The summed E-state index contributed by atoms with van der Waals surface area (Å²) in [6.07, 6.45) is 1.12. The Kier molecular flexibility index (Phi) is 2.46. The molecule has 1 aromatic carbocycles. The summed E-state index contributed by atoms with van der Waals surface area (Å²) in [4.78, 5) is 2.37. The van der Waals surface area contributed by atoms with Crippen molar-refractivity contribution < 1.29 is 0 Å². The van der Waals surface area contributed by atoms with Crippen LogP contribution in [-0.4, -0.2) is 19.1 Å². The molecule has 2 nitrogen and oxygen atoms in total. The lowest BCUT2D eigenvalue weighted by atomic mass is 10.1. The Balaban J connectivity index is 2.20. The van der Waals surface area contributed by atoms with Crippen LogP contribution in [0.4, 0.5) is 5.69 Å². The molecule has 1 atom stereocenters. The molecule has 1 aliphatic heterocycles. The maximum absolute atomic E-state index is 5.89. The summed E-state index contributed by atoms with van der Waals surface area (Å²) in [7, 11) is 0. The molecule has 1 aromatic rings. The van der Waals surface area contributed by atoms with E-state index in [1.807, 2.05) is 0 Å². The summed E-state index contributed by atoms with van der Waals surface area (Å²) in [5.41, 5.74) is 9.93. The fourth-order valence-corrected chi connectivity index (χ4v) is 1.94. The second-order valence-corrected chi connectivity index (χ2v) is 4.26. The zero-order valence-electron chi connectivity index (χ0n) is 8.96. The molecule has 1 fully saturated rings. The molecule has 0 saturated carbocycles. The normalized spacial score (nSPS) is 21.6. The fourth-order valence-electron chi connectivity index (χ4n) is 1.94. The summed E-state index contributed by atoms with van der Waals surface area (Å²) in [5.74, 6) is 0. The molecule has 0 radical (unpaired) electrons. The molecular weight excluding hydrogens is 172 g/mol. The fraction of sp³-hybridized carbons (Fsp3) is 0.500. The first kappa shape index (κ1) is 9.53. The highest BCUT2D eigenvalue weighted by atomic mass is 15.2. The van der Waals surface area contributed by atoms with E-state index < -0.39 is 0 Å². The molecule has 2 heteroatoms. The molecule has 0 aliphatic carbocycles. The first-order valence-corrected chi connectivity index (χ1v) is 5.24. The monoisotopic (exact) mass is 190 g/mol. The van der Waals surface area contributed by atoms with Crippen molar-refractivity contribution in [1.82, 2.24) is 0 Å². The first-order valence-electron chi connectivity index (χ1n) is 5.24. The summed E-state index contributed by atoms with van der Waals surface area (Å²) in [6, 6.07) is 7.00. The van der Waals surface area contributed by atoms with Gasteiger partial charge in [-0.15, -0.1) is 0 Å². The third kappa shape index (κ3) is 1.75. The van der Waals surface area contributed by atoms with E-state index in [9.17, 15) is 0 Å². The molecule has 76 valence electrons. The second-order valence-electron chi connectivity index (χ2n) is 4.26.